The van der Waals surface area contributed by atoms with Crippen molar-refractivity contribution in [2.24, 2.45) is 12.5 Å². The standard InChI is InChI=1S/C14H26N4O2/c1-4-14(5-2,6-7-19)11-16-13(20)15-8-12-9-17-18(3)10-12/h9-10,19H,4-8,11H2,1-3H3,(H2,15,16,20). The van der Waals surface area contributed by atoms with E-state index < -0.39 is 0 Å². The van der Waals surface area contributed by atoms with Gasteiger partial charge in [0.2, 0.25) is 0 Å². The van der Waals surface area contributed by atoms with E-state index in [1.54, 1.807) is 10.9 Å². The molecule has 6 nitrogen and oxygen atoms in total. The molecule has 0 aromatic carbocycles. The Bertz CT molecular complexity index is 413. The predicted molar refractivity (Wildman–Crippen MR) is 78.2 cm³/mol. The summed E-state index contributed by atoms with van der Waals surface area (Å²) in [6, 6.07) is -0.182. The fraction of sp³-hybridized carbons (Fsp3) is 0.714. The van der Waals surface area contributed by atoms with E-state index in [2.05, 4.69) is 29.6 Å². The molecule has 114 valence electrons. The minimum absolute atomic E-state index is 0.0135. The summed E-state index contributed by atoms with van der Waals surface area (Å²) >= 11 is 0. The maximum atomic E-state index is 11.8. The lowest BCUT2D eigenvalue weighted by molar-refractivity contribution is 0.163. The molecule has 0 spiro atoms. The van der Waals surface area contributed by atoms with Gasteiger partial charge >= 0.3 is 6.03 Å². The van der Waals surface area contributed by atoms with Crippen LogP contribution in [0.1, 0.15) is 38.7 Å². The second-order valence-electron chi connectivity index (χ2n) is 5.24. The van der Waals surface area contributed by atoms with E-state index in [-0.39, 0.29) is 18.1 Å². The average molecular weight is 282 g/mol. The number of nitrogens with one attached hydrogen (secondary N) is 2. The number of aromatic nitrogens is 2. The highest BCUT2D eigenvalue weighted by Gasteiger charge is 2.25. The van der Waals surface area contributed by atoms with Crippen LogP contribution in [0.25, 0.3) is 0 Å². The fourth-order valence-electron chi connectivity index (χ4n) is 2.25. The molecule has 6 heteroatoms. The Morgan fingerprint density at radius 2 is 2.10 bits per heavy atom. The van der Waals surface area contributed by atoms with Crippen LogP contribution in [0.2, 0.25) is 0 Å². The first-order chi connectivity index (χ1) is 9.55. The van der Waals surface area contributed by atoms with E-state index in [4.69, 9.17) is 5.11 Å². The first-order valence-electron chi connectivity index (χ1n) is 7.15. The number of urea groups is 1. The highest BCUT2D eigenvalue weighted by molar-refractivity contribution is 5.73. The molecule has 0 unspecified atom stereocenters. The minimum atomic E-state index is -0.182. The third-order valence-electron chi connectivity index (χ3n) is 3.98. The lowest BCUT2D eigenvalue weighted by atomic mass is 9.79. The van der Waals surface area contributed by atoms with Gasteiger partial charge in [0.05, 0.1) is 6.20 Å². The SMILES string of the molecule is CCC(CC)(CCO)CNC(=O)NCc1cnn(C)c1. The smallest absolute Gasteiger partial charge is 0.315 e. The van der Waals surface area contributed by atoms with E-state index in [1.165, 1.54) is 0 Å². The molecule has 0 saturated carbocycles. The second kappa shape index (κ2) is 7.89. The molecule has 1 rings (SSSR count). The topological polar surface area (TPSA) is 79.2 Å². The molecular weight excluding hydrogens is 256 g/mol. The van der Waals surface area contributed by atoms with Crippen LogP contribution in [0, 0.1) is 5.41 Å². The lowest BCUT2D eigenvalue weighted by Gasteiger charge is -2.31. The van der Waals surface area contributed by atoms with Crippen molar-refractivity contribution in [3.63, 3.8) is 0 Å². The number of amides is 2. The van der Waals surface area contributed by atoms with Crippen LogP contribution in [0.15, 0.2) is 12.4 Å². The first-order valence-corrected chi connectivity index (χ1v) is 7.15. The van der Waals surface area contributed by atoms with Crippen molar-refractivity contribution >= 4 is 6.03 Å². The number of aliphatic hydroxyl groups is 1. The summed E-state index contributed by atoms with van der Waals surface area (Å²) in [7, 11) is 1.84. The van der Waals surface area contributed by atoms with Gasteiger partial charge in [0.25, 0.3) is 0 Å². The molecule has 3 N–H and O–H groups in total. The third-order valence-corrected chi connectivity index (χ3v) is 3.98. The van der Waals surface area contributed by atoms with Gasteiger partial charge in [-0.1, -0.05) is 13.8 Å². The third kappa shape index (κ3) is 4.85. The van der Waals surface area contributed by atoms with Crippen molar-refractivity contribution in [2.75, 3.05) is 13.2 Å². The first kappa shape index (κ1) is 16.5. The van der Waals surface area contributed by atoms with Crippen LogP contribution in [-0.4, -0.2) is 34.1 Å². The van der Waals surface area contributed by atoms with Crippen molar-refractivity contribution in [1.82, 2.24) is 20.4 Å². The summed E-state index contributed by atoms with van der Waals surface area (Å²) in [5.41, 5.74) is 0.954. The number of carbonyl (C=O) groups is 1. The van der Waals surface area contributed by atoms with Crippen LogP contribution in [0.3, 0.4) is 0 Å². The van der Waals surface area contributed by atoms with Crippen LogP contribution in [0.5, 0.6) is 0 Å². The van der Waals surface area contributed by atoms with Gasteiger partial charge < -0.3 is 15.7 Å². The molecule has 0 saturated heterocycles. The highest BCUT2D eigenvalue weighted by atomic mass is 16.3. The molecule has 0 radical (unpaired) electrons. The monoisotopic (exact) mass is 282 g/mol. The van der Waals surface area contributed by atoms with Gasteiger partial charge in [-0.3, -0.25) is 4.68 Å². The Morgan fingerprint density at radius 3 is 2.60 bits per heavy atom. The number of carbonyl (C=O) groups excluding carboxylic acids is 1. The highest BCUT2D eigenvalue weighted by Crippen LogP contribution is 2.29. The number of aliphatic hydroxyl groups excluding tert-OH is 1. The van der Waals surface area contributed by atoms with Crippen molar-refractivity contribution in [2.45, 2.75) is 39.7 Å². The van der Waals surface area contributed by atoms with Gasteiger partial charge in [-0.15, -0.1) is 0 Å². The van der Waals surface area contributed by atoms with Gasteiger partial charge in [-0.25, -0.2) is 4.79 Å². The Labute approximate surface area is 120 Å². The maximum absolute atomic E-state index is 11.8. The molecule has 1 heterocycles. The fourth-order valence-corrected chi connectivity index (χ4v) is 2.25. The Balaban J connectivity index is 2.37. The van der Waals surface area contributed by atoms with Crippen LogP contribution >= 0.6 is 0 Å². The molecule has 1 aromatic rings. The summed E-state index contributed by atoms with van der Waals surface area (Å²) in [5, 5.41) is 18.9. The zero-order chi connectivity index (χ0) is 15.0. The summed E-state index contributed by atoms with van der Waals surface area (Å²) in [4.78, 5) is 11.8. The number of nitrogens with zero attached hydrogens (tertiary/aromatic N) is 2. The number of rotatable bonds is 8. The van der Waals surface area contributed by atoms with E-state index in [0.717, 1.165) is 18.4 Å². The normalized spacial score (nSPS) is 11.4. The van der Waals surface area contributed by atoms with Gasteiger partial charge in [-0.05, 0) is 24.7 Å². The predicted octanol–water partition coefficient (Wildman–Crippen LogP) is 1.41. The number of hydrogen-bond acceptors (Lipinski definition) is 3. The van der Waals surface area contributed by atoms with E-state index >= 15 is 0 Å². The van der Waals surface area contributed by atoms with Gasteiger partial charge in [0.1, 0.15) is 0 Å². The molecular formula is C14H26N4O2. The molecule has 0 atom stereocenters. The van der Waals surface area contributed by atoms with E-state index in [1.807, 2.05) is 13.2 Å². The lowest BCUT2D eigenvalue weighted by Crippen LogP contribution is -2.42. The molecule has 2 amide bonds. The van der Waals surface area contributed by atoms with Crippen molar-refractivity contribution in [3.8, 4) is 0 Å². The summed E-state index contributed by atoms with van der Waals surface area (Å²) in [6.45, 7) is 5.38. The van der Waals surface area contributed by atoms with Crippen LogP contribution in [-0.2, 0) is 13.6 Å². The van der Waals surface area contributed by atoms with Gasteiger partial charge in [0, 0.05) is 38.5 Å². The van der Waals surface area contributed by atoms with Crippen LogP contribution in [0.4, 0.5) is 4.79 Å². The largest absolute Gasteiger partial charge is 0.396 e. The zero-order valence-corrected chi connectivity index (χ0v) is 12.6. The van der Waals surface area contributed by atoms with E-state index in [9.17, 15) is 4.79 Å². The van der Waals surface area contributed by atoms with Gasteiger partial charge in [0.15, 0.2) is 0 Å². The van der Waals surface area contributed by atoms with Gasteiger partial charge in [-0.2, -0.15) is 5.10 Å². The molecule has 20 heavy (non-hydrogen) atoms. The van der Waals surface area contributed by atoms with E-state index in [0.29, 0.717) is 19.5 Å². The molecule has 0 aliphatic heterocycles. The molecule has 0 fully saturated rings. The Hall–Kier alpha value is -1.56. The van der Waals surface area contributed by atoms with Crippen molar-refractivity contribution in [3.05, 3.63) is 18.0 Å². The summed E-state index contributed by atoms with van der Waals surface area (Å²) in [5.74, 6) is 0. The van der Waals surface area contributed by atoms with Crippen molar-refractivity contribution in [1.29, 1.82) is 0 Å². The molecule has 1 aromatic heterocycles. The molecule has 0 aliphatic carbocycles. The zero-order valence-electron chi connectivity index (χ0n) is 12.6. The minimum Gasteiger partial charge on any atom is -0.396 e. The quantitative estimate of drug-likeness (QED) is 0.674. The Morgan fingerprint density at radius 1 is 1.40 bits per heavy atom. The number of aryl methyl sites for hydroxylation is 1. The van der Waals surface area contributed by atoms with Crippen molar-refractivity contribution < 1.29 is 9.90 Å². The summed E-state index contributed by atoms with van der Waals surface area (Å²) < 4.78 is 1.70. The molecule has 0 aliphatic rings. The maximum Gasteiger partial charge on any atom is 0.315 e. The van der Waals surface area contributed by atoms with Crippen LogP contribution < -0.4 is 10.6 Å². The molecule has 0 bridgehead atoms. The number of hydrogen-bond donors (Lipinski definition) is 3. The second-order valence-corrected chi connectivity index (χ2v) is 5.24. The average Bonchev–Trinajstić information content (AvgIpc) is 2.87. The summed E-state index contributed by atoms with van der Waals surface area (Å²) in [6.07, 6.45) is 6.19. The Kier molecular flexibility index (Phi) is 6.51.